The Hall–Kier alpha value is -1.09. The van der Waals surface area contributed by atoms with Crippen LogP contribution in [-0.2, 0) is 9.53 Å². The van der Waals surface area contributed by atoms with Crippen molar-refractivity contribution in [1.29, 1.82) is 0 Å². The van der Waals surface area contributed by atoms with Gasteiger partial charge in [0.25, 0.3) is 0 Å². The maximum atomic E-state index is 11.3. The van der Waals surface area contributed by atoms with Crippen molar-refractivity contribution < 1.29 is 9.53 Å². The number of esters is 1. The Kier molecular flexibility index (Phi) is 5.42. The number of benzene rings is 1. The summed E-state index contributed by atoms with van der Waals surface area (Å²) < 4.78 is 4.94. The van der Waals surface area contributed by atoms with E-state index >= 15 is 0 Å². The summed E-state index contributed by atoms with van der Waals surface area (Å²) in [5.41, 5.74) is 0. The Labute approximate surface area is 105 Å². The molecule has 0 aliphatic carbocycles. The van der Waals surface area contributed by atoms with E-state index in [4.69, 9.17) is 4.74 Å². The first-order valence-corrected chi connectivity index (χ1v) is 9.48. The molecule has 17 heavy (non-hydrogen) atoms. The highest BCUT2D eigenvalue weighted by Crippen LogP contribution is 2.14. The molecule has 0 aliphatic heterocycles. The Bertz CT molecular complexity index is 346. The van der Waals surface area contributed by atoms with Crippen LogP contribution in [-0.4, -0.2) is 20.7 Å². The number of carbonyl (C=O) groups is 1. The minimum absolute atomic E-state index is 0.0645. The molecule has 0 saturated carbocycles. The van der Waals surface area contributed by atoms with Gasteiger partial charge in [-0.1, -0.05) is 54.7 Å². The van der Waals surface area contributed by atoms with Gasteiger partial charge in [-0.3, -0.25) is 4.79 Å². The zero-order valence-corrected chi connectivity index (χ0v) is 12.0. The van der Waals surface area contributed by atoms with Crippen molar-refractivity contribution in [2.45, 2.75) is 38.9 Å². The third kappa shape index (κ3) is 4.73. The van der Waals surface area contributed by atoms with Crippen LogP contribution in [0.15, 0.2) is 30.3 Å². The molecule has 0 radical (unpaired) electrons. The third-order valence-electron chi connectivity index (χ3n) is 3.04. The molecule has 0 aromatic heterocycles. The lowest BCUT2D eigenvalue weighted by Crippen LogP contribution is -2.40. The Morgan fingerprint density at radius 2 is 1.88 bits per heavy atom. The van der Waals surface area contributed by atoms with Gasteiger partial charge >= 0.3 is 5.97 Å². The zero-order valence-electron chi connectivity index (χ0n) is 11.0. The first-order chi connectivity index (χ1) is 8.06. The Morgan fingerprint density at radius 3 is 2.47 bits per heavy atom. The molecule has 0 aliphatic rings. The van der Waals surface area contributed by atoms with Gasteiger partial charge in [-0.05, 0) is 13.3 Å². The predicted octanol–water partition coefficient (Wildman–Crippen LogP) is 2.95. The van der Waals surface area contributed by atoms with Gasteiger partial charge in [0.05, 0.1) is 14.7 Å². The molecule has 1 aromatic carbocycles. The highest BCUT2D eigenvalue weighted by atomic mass is 28.3. The number of carbonyl (C=O) groups excluding carboxylic acids is 1. The SMILES string of the molecule is CCOC(=O)CCC[Si](C)(C)c1ccccc1. The Balaban J connectivity index is 2.43. The molecule has 0 amide bonds. The highest BCUT2D eigenvalue weighted by Gasteiger charge is 2.22. The summed E-state index contributed by atoms with van der Waals surface area (Å²) in [7, 11) is -1.38. The van der Waals surface area contributed by atoms with Crippen LogP contribution in [0.25, 0.3) is 0 Å². The topological polar surface area (TPSA) is 26.3 Å². The number of rotatable bonds is 6. The third-order valence-corrected chi connectivity index (χ3v) is 6.54. The van der Waals surface area contributed by atoms with Crippen molar-refractivity contribution in [2.75, 3.05) is 6.61 Å². The van der Waals surface area contributed by atoms with Crippen LogP contribution in [0.4, 0.5) is 0 Å². The van der Waals surface area contributed by atoms with E-state index in [0.29, 0.717) is 13.0 Å². The van der Waals surface area contributed by atoms with Crippen molar-refractivity contribution in [1.82, 2.24) is 0 Å². The standard InChI is InChI=1S/C14H22O2Si/c1-4-16-14(15)11-8-12-17(2,3)13-9-6-5-7-10-13/h5-7,9-10H,4,8,11-12H2,1-3H3. The minimum atomic E-state index is -1.38. The maximum Gasteiger partial charge on any atom is 0.305 e. The van der Waals surface area contributed by atoms with Crippen LogP contribution < -0.4 is 5.19 Å². The van der Waals surface area contributed by atoms with E-state index < -0.39 is 8.07 Å². The lowest BCUT2D eigenvalue weighted by molar-refractivity contribution is -0.143. The minimum Gasteiger partial charge on any atom is -0.466 e. The molecule has 0 spiro atoms. The van der Waals surface area contributed by atoms with Crippen LogP contribution in [0.5, 0.6) is 0 Å². The van der Waals surface area contributed by atoms with Gasteiger partial charge < -0.3 is 4.74 Å². The zero-order chi connectivity index (χ0) is 12.7. The van der Waals surface area contributed by atoms with Crippen molar-refractivity contribution in [3.63, 3.8) is 0 Å². The fourth-order valence-corrected chi connectivity index (χ4v) is 4.39. The first kappa shape index (κ1) is 14.0. The normalized spacial score (nSPS) is 11.2. The smallest absolute Gasteiger partial charge is 0.305 e. The van der Waals surface area contributed by atoms with Gasteiger partial charge in [0.1, 0.15) is 0 Å². The van der Waals surface area contributed by atoms with Crippen LogP contribution in [0, 0.1) is 0 Å². The summed E-state index contributed by atoms with van der Waals surface area (Å²) in [6.45, 7) is 7.04. The van der Waals surface area contributed by atoms with Gasteiger partial charge in [-0.15, -0.1) is 0 Å². The largest absolute Gasteiger partial charge is 0.466 e. The average Bonchev–Trinajstić information content (AvgIpc) is 2.30. The van der Waals surface area contributed by atoms with E-state index in [-0.39, 0.29) is 5.97 Å². The molecule has 0 heterocycles. The lowest BCUT2D eigenvalue weighted by Gasteiger charge is -2.22. The molecule has 3 heteroatoms. The number of ether oxygens (including phenoxy) is 1. The fourth-order valence-electron chi connectivity index (χ4n) is 1.94. The highest BCUT2D eigenvalue weighted by molar-refractivity contribution is 6.89. The lowest BCUT2D eigenvalue weighted by atomic mass is 10.3. The molecule has 0 fully saturated rings. The predicted molar refractivity (Wildman–Crippen MR) is 74.2 cm³/mol. The van der Waals surface area contributed by atoms with E-state index in [1.54, 1.807) is 0 Å². The van der Waals surface area contributed by atoms with Crippen molar-refractivity contribution in [3.05, 3.63) is 30.3 Å². The summed E-state index contributed by atoms with van der Waals surface area (Å²) in [6, 6.07) is 11.8. The van der Waals surface area contributed by atoms with Crippen molar-refractivity contribution >= 4 is 19.2 Å². The summed E-state index contributed by atoms with van der Waals surface area (Å²) in [4.78, 5) is 11.3. The van der Waals surface area contributed by atoms with Crippen LogP contribution >= 0.6 is 0 Å². The summed E-state index contributed by atoms with van der Waals surface area (Å²) in [6.07, 6.45) is 1.49. The number of hydrogen-bond donors (Lipinski definition) is 0. The molecule has 0 unspecified atom stereocenters. The molecule has 1 aromatic rings. The molecule has 2 nitrogen and oxygen atoms in total. The van der Waals surface area contributed by atoms with Gasteiger partial charge in [-0.25, -0.2) is 0 Å². The van der Waals surface area contributed by atoms with E-state index in [2.05, 4.69) is 37.4 Å². The monoisotopic (exact) mass is 250 g/mol. The van der Waals surface area contributed by atoms with Crippen molar-refractivity contribution in [2.24, 2.45) is 0 Å². The molecule has 94 valence electrons. The van der Waals surface area contributed by atoms with E-state index in [9.17, 15) is 4.79 Å². The van der Waals surface area contributed by atoms with Crippen LogP contribution in [0.3, 0.4) is 0 Å². The van der Waals surface area contributed by atoms with Gasteiger partial charge in [0, 0.05) is 6.42 Å². The fraction of sp³-hybridized carbons (Fsp3) is 0.500. The summed E-state index contributed by atoms with van der Waals surface area (Å²) in [5, 5.41) is 1.46. The second-order valence-corrected chi connectivity index (χ2v) is 9.75. The van der Waals surface area contributed by atoms with Crippen LogP contribution in [0.1, 0.15) is 19.8 Å². The summed E-state index contributed by atoms with van der Waals surface area (Å²) >= 11 is 0. The molecule has 0 atom stereocenters. The Morgan fingerprint density at radius 1 is 1.24 bits per heavy atom. The van der Waals surface area contributed by atoms with E-state index in [1.807, 2.05) is 13.0 Å². The van der Waals surface area contributed by atoms with Gasteiger partial charge in [0.2, 0.25) is 0 Å². The van der Waals surface area contributed by atoms with Crippen LogP contribution in [0.2, 0.25) is 19.1 Å². The molecule has 0 saturated heterocycles. The molecule has 0 N–H and O–H groups in total. The quantitative estimate of drug-likeness (QED) is 0.573. The number of hydrogen-bond acceptors (Lipinski definition) is 2. The second kappa shape index (κ2) is 6.60. The maximum absolute atomic E-state index is 11.3. The van der Waals surface area contributed by atoms with E-state index in [0.717, 1.165) is 12.5 Å². The molecule has 1 rings (SSSR count). The van der Waals surface area contributed by atoms with E-state index in [1.165, 1.54) is 5.19 Å². The van der Waals surface area contributed by atoms with Crippen molar-refractivity contribution in [3.8, 4) is 0 Å². The average molecular weight is 250 g/mol. The first-order valence-electron chi connectivity index (χ1n) is 6.27. The van der Waals surface area contributed by atoms with Gasteiger partial charge in [-0.2, -0.15) is 0 Å². The second-order valence-electron chi connectivity index (χ2n) is 4.91. The van der Waals surface area contributed by atoms with Gasteiger partial charge in [0.15, 0.2) is 0 Å². The molecular formula is C14H22O2Si. The molecule has 0 bridgehead atoms. The summed E-state index contributed by atoms with van der Waals surface area (Å²) in [5.74, 6) is -0.0645. The molecular weight excluding hydrogens is 228 g/mol.